The minimum atomic E-state index is -0.541. The van der Waals surface area contributed by atoms with Crippen molar-refractivity contribution in [3.8, 4) is 0 Å². The average molecular weight is 283 g/mol. The molecule has 19 heavy (non-hydrogen) atoms. The number of amides is 1. The third-order valence-corrected chi connectivity index (χ3v) is 3.42. The van der Waals surface area contributed by atoms with Crippen molar-refractivity contribution < 1.29 is 14.3 Å². The van der Waals surface area contributed by atoms with Gasteiger partial charge in [0.2, 0.25) is 0 Å². The van der Waals surface area contributed by atoms with Gasteiger partial charge in [0.1, 0.15) is 16.5 Å². The van der Waals surface area contributed by atoms with Crippen LogP contribution in [-0.4, -0.2) is 44.6 Å². The highest BCUT2D eigenvalue weighted by molar-refractivity contribution is 7.07. The van der Waals surface area contributed by atoms with Crippen LogP contribution in [0.1, 0.15) is 43.3 Å². The number of carbonyl (C=O) groups is 2. The zero-order chi connectivity index (χ0) is 14.0. The van der Waals surface area contributed by atoms with Crippen molar-refractivity contribution >= 4 is 23.4 Å². The molecule has 0 radical (unpaired) electrons. The molecule has 1 fully saturated rings. The summed E-state index contributed by atoms with van der Waals surface area (Å²) in [5, 5.41) is 3.65. The van der Waals surface area contributed by atoms with Crippen LogP contribution < -0.4 is 0 Å². The smallest absolute Gasteiger partial charge is 0.329 e. The SMILES string of the molecule is CC(C)(C)OC(=O)[C@@H]1CCCN1C(=O)c1cnns1. The van der Waals surface area contributed by atoms with Crippen molar-refractivity contribution in [3.05, 3.63) is 11.1 Å². The molecule has 1 saturated heterocycles. The van der Waals surface area contributed by atoms with E-state index in [0.29, 0.717) is 17.8 Å². The number of esters is 1. The van der Waals surface area contributed by atoms with Crippen LogP contribution in [0.15, 0.2) is 6.20 Å². The molecule has 1 aromatic rings. The Kier molecular flexibility index (Phi) is 3.84. The highest BCUT2D eigenvalue weighted by Crippen LogP contribution is 2.23. The number of ether oxygens (including phenoxy) is 1. The van der Waals surface area contributed by atoms with Crippen LogP contribution in [0.25, 0.3) is 0 Å². The summed E-state index contributed by atoms with van der Waals surface area (Å²) in [4.78, 5) is 26.4. The third kappa shape index (κ3) is 3.28. The first-order chi connectivity index (χ1) is 8.88. The van der Waals surface area contributed by atoms with Gasteiger partial charge in [-0.1, -0.05) is 4.49 Å². The van der Waals surface area contributed by atoms with E-state index in [1.165, 1.54) is 6.20 Å². The quantitative estimate of drug-likeness (QED) is 0.769. The molecule has 6 nitrogen and oxygen atoms in total. The summed E-state index contributed by atoms with van der Waals surface area (Å²) in [6.45, 7) is 6.03. The number of aromatic nitrogens is 2. The number of likely N-dealkylation sites (tertiary alicyclic amines) is 1. The molecule has 1 aromatic heterocycles. The highest BCUT2D eigenvalue weighted by atomic mass is 32.1. The molecule has 0 unspecified atom stereocenters. The second-order valence-corrected chi connectivity index (χ2v) is 6.26. The molecule has 1 atom stereocenters. The highest BCUT2D eigenvalue weighted by Gasteiger charge is 2.37. The van der Waals surface area contributed by atoms with E-state index in [1.807, 2.05) is 20.8 Å². The molecule has 1 aliphatic rings. The van der Waals surface area contributed by atoms with Gasteiger partial charge in [0, 0.05) is 6.54 Å². The summed E-state index contributed by atoms with van der Waals surface area (Å²) in [6, 6.07) is -0.492. The summed E-state index contributed by atoms with van der Waals surface area (Å²) in [5.74, 6) is -0.529. The Morgan fingerprint density at radius 1 is 1.47 bits per heavy atom. The van der Waals surface area contributed by atoms with Crippen LogP contribution in [0.4, 0.5) is 0 Å². The first-order valence-corrected chi connectivity index (χ1v) is 6.97. The van der Waals surface area contributed by atoms with E-state index >= 15 is 0 Å². The fourth-order valence-corrected chi connectivity index (χ4v) is 2.50. The Balaban J connectivity index is 2.09. The van der Waals surface area contributed by atoms with Gasteiger partial charge in [-0.05, 0) is 45.1 Å². The fourth-order valence-electron chi connectivity index (χ4n) is 2.03. The molecule has 0 aromatic carbocycles. The molecule has 0 saturated carbocycles. The van der Waals surface area contributed by atoms with Crippen molar-refractivity contribution in [3.63, 3.8) is 0 Å². The van der Waals surface area contributed by atoms with E-state index in [1.54, 1.807) is 4.90 Å². The molecular formula is C12H17N3O3S. The Labute approximate surface area is 115 Å². The molecule has 0 spiro atoms. The van der Waals surface area contributed by atoms with Gasteiger partial charge >= 0.3 is 5.97 Å². The molecular weight excluding hydrogens is 266 g/mol. The molecule has 0 bridgehead atoms. The van der Waals surface area contributed by atoms with E-state index < -0.39 is 11.6 Å². The van der Waals surface area contributed by atoms with E-state index in [9.17, 15) is 9.59 Å². The van der Waals surface area contributed by atoms with Crippen LogP contribution in [-0.2, 0) is 9.53 Å². The monoisotopic (exact) mass is 283 g/mol. The number of carbonyl (C=O) groups excluding carboxylic acids is 2. The first-order valence-electron chi connectivity index (χ1n) is 6.20. The Morgan fingerprint density at radius 3 is 2.79 bits per heavy atom. The van der Waals surface area contributed by atoms with E-state index in [2.05, 4.69) is 9.59 Å². The number of hydrogen-bond acceptors (Lipinski definition) is 6. The molecule has 104 valence electrons. The van der Waals surface area contributed by atoms with Crippen LogP contribution in [0.3, 0.4) is 0 Å². The summed E-state index contributed by atoms with van der Waals surface area (Å²) in [5.41, 5.74) is -0.541. The second-order valence-electron chi connectivity index (χ2n) is 5.47. The van der Waals surface area contributed by atoms with Crippen LogP contribution >= 0.6 is 11.5 Å². The third-order valence-electron chi connectivity index (χ3n) is 2.76. The lowest BCUT2D eigenvalue weighted by Crippen LogP contribution is -2.43. The van der Waals surface area contributed by atoms with Crippen molar-refractivity contribution in [1.82, 2.24) is 14.5 Å². The number of rotatable bonds is 2. The van der Waals surface area contributed by atoms with Gasteiger partial charge in [0.05, 0.1) is 6.20 Å². The van der Waals surface area contributed by atoms with E-state index in [0.717, 1.165) is 18.0 Å². The molecule has 1 aliphatic heterocycles. The Hall–Kier alpha value is -1.50. The van der Waals surface area contributed by atoms with Crippen molar-refractivity contribution in [2.24, 2.45) is 0 Å². The van der Waals surface area contributed by atoms with Gasteiger partial charge < -0.3 is 9.64 Å². The molecule has 2 rings (SSSR count). The number of nitrogens with zero attached hydrogens (tertiary/aromatic N) is 3. The van der Waals surface area contributed by atoms with Crippen molar-refractivity contribution in [1.29, 1.82) is 0 Å². The van der Waals surface area contributed by atoms with E-state index in [-0.39, 0.29) is 11.9 Å². The standard InChI is InChI=1S/C12H17N3O3S/c1-12(2,3)18-11(17)8-5-4-6-15(8)10(16)9-7-13-14-19-9/h7-8H,4-6H2,1-3H3/t8-/m0/s1. The topological polar surface area (TPSA) is 72.4 Å². The van der Waals surface area contributed by atoms with Crippen molar-refractivity contribution in [2.45, 2.75) is 45.3 Å². The summed E-state index contributed by atoms with van der Waals surface area (Å²) in [6.07, 6.45) is 2.88. The maximum Gasteiger partial charge on any atom is 0.329 e. The lowest BCUT2D eigenvalue weighted by atomic mass is 10.1. The maximum absolute atomic E-state index is 12.2. The van der Waals surface area contributed by atoms with Crippen LogP contribution in [0, 0.1) is 0 Å². The summed E-state index contributed by atoms with van der Waals surface area (Å²) in [7, 11) is 0. The molecule has 0 aliphatic carbocycles. The molecule has 7 heteroatoms. The second kappa shape index (κ2) is 5.24. The minimum Gasteiger partial charge on any atom is -0.458 e. The van der Waals surface area contributed by atoms with Crippen molar-refractivity contribution in [2.75, 3.05) is 6.54 Å². The Bertz CT molecular complexity index is 467. The maximum atomic E-state index is 12.2. The fraction of sp³-hybridized carbons (Fsp3) is 0.667. The van der Waals surface area contributed by atoms with Crippen LogP contribution in [0.2, 0.25) is 0 Å². The van der Waals surface area contributed by atoms with Gasteiger partial charge in [0.25, 0.3) is 5.91 Å². The molecule has 0 N–H and O–H groups in total. The zero-order valence-corrected chi connectivity index (χ0v) is 12.1. The zero-order valence-electron chi connectivity index (χ0n) is 11.3. The Morgan fingerprint density at radius 2 is 2.21 bits per heavy atom. The lowest BCUT2D eigenvalue weighted by Gasteiger charge is -2.27. The molecule has 1 amide bonds. The predicted molar refractivity (Wildman–Crippen MR) is 69.8 cm³/mol. The van der Waals surface area contributed by atoms with Gasteiger partial charge in [0.15, 0.2) is 0 Å². The average Bonchev–Trinajstić information content (AvgIpc) is 2.97. The largest absolute Gasteiger partial charge is 0.458 e. The summed E-state index contributed by atoms with van der Waals surface area (Å²) >= 11 is 1.04. The van der Waals surface area contributed by atoms with Gasteiger partial charge in [-0.3, -0.25) is 4.79 Å². The first kappa shape index (κ1) is 13.9. The number of hydrogen-bond donors (Lipinski definition) is 0. The summed E-state index contributed by atoms with van der Waals surface area (Å²) < 4.78 is 9.03. The van der Waals surface area contributed by atoms with E-state index in [4.69, 9.17) is 4.74 Å². The minimum absolute atomic E-state index is 0.191. The molecule has 2 heterocycles. The predicted octanol–water partition coefficient (Wildman–Crippen LogP) is 1.48. The van der Waals surface area contributed by atoms with Gasteiger partial charge in [-0.25, -0.2) is 4.79 Å². The van der Waals surface area contributed by atoms with Gasteiger partial charge in [-0.15, -0.1) is 5.10 Å². The van der Waals surface area contributed by atoms with Crippen LogP contribution in [0.5, 0.6) is 0 Å². The normalized spacial score (nSPS) is 19.5. The lowest BCUT2D eigenvalue weighted by molar-refractivity contribution is -0.159. The van der Waals surface area contributed by atoms with Gasteiger partial charge in [-0.2, -0.15) is 0 Å².